The number of carboxylic acids is 1. The molecule has 2 aliphatic heterocycles. The zero-order valence-electron chi connectivity index (χ0n) is 16.2. The van der Waals surface area contributed by atoms with Crippen LogP contribution in [0.3, 0.4) is 0 Å². The van der Waals surface area contributed by atoms with Crippen LogP contribution in [-0.2, 0) is 11.8 Å². The van der Waals surface area contributed by atoms with Crippen LogP contribution in [0.15, 0.2) is 30.9 Å². The standard InChI is InChI=1S/C16H20N6O.C2HF3O2/c1-20-8-6-17-14(20)15(23)22-9-12-3-7-21(10-13(12)11-22)16-18-4-2-5-19-16;3-2(4,5)1(6)7/h2,4-6,8,12-13H,3,7,9-11H2,1H3;(H,6,7)/t12-,13+;/m0./s1. The van der Waals surface area contributed by atoms with Gasteiger partial charge >= 0.3 is 12.1 Å². The summed E-state index contributed by atoms with van der Waals surface area (Å²) in [6.07, 6.45) is 3.03. The Bertz CT molecular complexity index is 889. The van der Waals surface area contributed by atoms with E-state index >= 15 is 0 Å². The molecule has 4 heterocycles. The lowest BCUT2D eigenvalue weighted by Gasteiger charge is -2.34. The van der Waals surface area contributed by atoms with E-state index in [2.05, 4.69) is 19.9 Å². The van der Waals surface area contributed by atoms with Gasteiger partial charge in [-0.15, -0.1) is 0 Å². The number of carbonyl (C=O) groups is 2. The maximum Gasteiger partial charge on any atom is 0.490 e. The molecule has 0 aromatic carbocycles. The zero-order chi connectivity index (χ0) is 21.9. The predicted octanol–water partition coefficient (Wildman–Crippen LogP) is 1.44. The van der Waals surface area contributed by atoms with Gasteiger partial charge in [0.1, 0.15) is 0 Å². The van der Waals surface area contributed by atoms with Crippen LogP contribution in [0.25, 0.3) is 0 Å². The van der Waals surface area contributed by atoms with Gasteiger partial charge < -0.3 is 19.5 Å². The first-order valence-electron chi connectivity index (χ1n) is 9.25. The molecule has 162 valence electrons. The molecule has 12 heteroatoms. The van der Waals surface area contributed by atoms with E-state index in [1.165, 1.54) is 0 Å². The Hall–Kier alpha value is -3.18. The van der Waals surface area contributed by atoms with Crippen LogP contribution in [-0.4, -0.2) is 73.8 Å². The number of hydrogen-bond acceptors (Lipinski definition) is 6. The number of aromatic nitrogens is 4. The van der Waals surface area contributed by atoms with E-state index in [4.69, 9.17) is 9.90 Å². The van der Waals surface area contributed by atoms with Crippen molar-refractivity contribution in [1.29, 1.82) is 0 Å². The number of likely N-dealkylation sites (tertiary alicyclic amines) is 1. The largest absolute Gasteiger partial charge is 0.490 e. The van der Waals surface area contributed by atoms with E-state index in [1.807, 2.05) is 24.2 Å². The number of aryl methyl sites for hydroxylation is 1. The fraction of sp³-hybridized carbons (Fsp3) is 0.500. The molecule has 2 fully saturated rings. The molecule has 0 bridgehead atoms. The van der Waals surface area contributed by atoms with E-state index in [0.717, 1.165) is 38.5 Å². The van der Waals surface area contributed by atoms with Crippen LogP contribution < -0.4 is 4.90 Å². The van der Waals surface area contributed by atoms with Gasteiger partial charge in [0, 0.05) is 58.0 Å². The molecule has 0 saturated carbocycles. The average Bonchev–Trinajstić information content (AvgIpc) is 3.33. The van der Waals surface area contributed by atoms with E-state index in [1.54, 1.807) is 23.2 Å². The summed E-state index contributed by atoms with van der Waals surface area (Å²) in [6.45, 7) is 3.49. The number of rotatable bonds is 2. The molecule has 4 rings (SSSR count). The van der Waals surface area contributed by atoms with Crippen LogP contribution in [0.4, 0.5) is 19.1 Å². The molecule has 9 nitrogen and oxygen atoms in total. The summed E-state index contributed by atoms with van der Waals surface area (Å²) >= 11 is 0. The number of carbonyl (C=O) groups excluding carboxylic acids is 1. The summed E-state index contributed by atoms with van der Waals surface area (Å²) in [5.41, 5.74) is 0. The third-order valence-corrected chi connectivity index (χ3v) is 5.18. The van der Waals surface area contributed by atoms with Crippen molar-refractivity contribution >= 4 is 17.8 Å². The number of carboxylic acid groups (broad SMARTS) is 1. The van der Waals surface area contributed by atoms with Gasteiger partial charge in [-0.3, -0.25) is 4.79 Å². The first-order valence-corrected chi connectivity index (χ1v) is 9.25. The number of fused-ring (bicyclic) bond motifs is 1. The number of halogens is 3. The number of aliphatic carboxylic acids is 1. The first kappa shape index (κ1) is 21.5. The maximum absolute atomic E-state index is 12.6. The molecule has 2 aliphatic rings. The zero-order valence-corrected chi connectivity index (χ0v) is 16.2. The van der Waals surface area contributed by atoms with E-state index in [9.17, 15) is 18.0 Å². The van der Waals surface area contributed by atoms with Gasteiger partial charge in [-0.25, -0.2) is 19.7 Å². The molecule has 0 unspecified atom stereocenters. The van der Waals surface area contributed by atoms with Crippen molar-refractivity contribution < 1.29 is 27.9 Å². The second-order valence-electron chi connectivity index (χ2n) is 7.18. The molecule has 30 heavy (non-hydrogen) atoms. The summed E-state index contributed by atoms with van der Waals surface area (Å²) in [5, 5.41) is 7.12. The lowest BCUT2D eigenvalue weighted by molar-refractivity contribution is -0.192. The Labute approximate surface area is 170 Å². The van der Waals surface area contributed by atoms with Gasteiger partial charge in [0.2, 0.25) is 5.95 Å². The summed E-state index contributed by atoms with van der Waals surface area (Å²) < 4.78 is 33.5. The van der Waals surface area contributed by atoms with E-state index in [-0.39, 0.29) is 5.91 Å². The van der Waals surface area contributed by atoms with Crippen molar-refractivity contribution in [2.24, 2.45) is 18.9 Å². The highest BCUT2D eigenvalue weighted by molar-refractivity contribution is 5.91. The maximum atomic E-state index is 12.6. The van der Waals surface area contributed by atoms with Crippen LogP contribution in [0.2, 0.25) is 0 Å². The van der Waals surface area contributed by atoms with E-state index in [0.29, 0.717) is 17.7 Å². The lowest BCUT2D eigenvalue weighted by Crippen LogP contribution is -2.40. The Morgan fingerprint density at radius 2 is 1.70 bits per heavy atom. The van der Waals surface area contributed by atoms with Gasteiger partial charge in [-0.1, -0.05) is 0 Å². The fourth-order valence-corrected chi connectivity index (χ4v) is 3.68. The molecule has 2 aromatic rings. The number of hydrogen-bond donors (Lipinski definition) is 1. The minimum atomic E-state index is -5.08. The normalized spacial score (nSPS) is 20.9. The van der Waals surface area contributed by atoms with Gasteiger partial charge in [-0.2, -0.15) is 13.2 Å². The van der Waals surface area contributed by atoms with Crippen molar-refractivity contribution in [2.45, 2.75) is 12.6 Å². The van der Waals surface area contributed by atoms with Gasteiger partial charge in [0.15, 0.2) is 5.82 Å². The van der Waals surface area contributed by atoms with Crippen LogP contribution >= 0.6 is 0 Å². The highest BCUT2D eigenvalue weighted by Gasteiger charge is 2.40. The lowest BCUT2D eigenvalue weighted by atomic mass is 9.89. The molecule has 1 N–H and O–H groups in total. The number of anilines is 1. The molecule has 2 atom stereocenters. The van der Waals surface area contributed by atoms with E-state index < -0.39 is 12.1 Å². The number of amides is 1. The average molecular weight is 426 g/mol. The third kappa shape index (κ3) is 4.86. The Balaban J connectivity index is 0.000000318. The minimum Gasteiger partial charge on any atom is -0.475 e. The van der Waals surface area contributed by atoms with Crippen LogP contribution in [0, 0.1) is 11.8 Å². The molecule has 0 aliphatic carbocycles. The Morgan fingerprint density at radius 1 is 1.07 bits per heavy atom. The Kier molecular flexibility index (Phi) is 6.22. The van der Waals surface area contributed by atoms with Crippen LogP contribution in [0.5, 0.6) is 0 Å². The summed E-state index contributed by atoms with van der Waals surface area (Å²) in [5.74, 6) is -0.357. The summed E-state index contributed by atoms with van der Waals surface area (Å²) in [4.78, 5) is 38.6. The van der Waals surface area contributed by atoms with Gasteiger partial charge in [-0.05, 0) is 24.3 Å². The second-order valence-corrected chi connectivity index (χ2v) is 7.18. The number of piperidine rings is 1. The third-order valence-electron chi connectivity index (χ3n) is 5.18. The summed E-state index contributed by atoms with van der Waals surface area (Å²) in [7, 11) is 1.86. The molecule has 0 spiro atoms. The smallest absolute Gasteiger partial charge is 0.475 e. The first-order chi connectivity index (χ1) is 14.2. The van der Waals surface area contributed by atoms with Gasteiger partial charge in [0.05, 0.1) is 0 Å². The quantitative estimate of drug-likeness (QED) is 0.775. The summed E-state index contributed by atoms with van der Waals surface area (Å²) in [6, 6.07) is 1.83. The van der Waals surface area contributed by atoms with Gasteiger partial charge in [0.25, 0.3) is 5.91 Å². The topological polar surface area (TPSA) is 104 Å². The second kappa shape index (κ2) is 8.67. The molecule has 2 saturated heterocycles. The van der Waals surface area contributed by atoms with Crippen LogP contribution in [0.1, 0.15) is 17.0 Å². The highest BCUT2D eigenvalue weighted by Crippen LogP contribution is 2.32. The monoisotopic (exact) mass is 426 g/mol. The van der Waals surface area contributed by atoms with Crippen molar-refractivity contribution in [3.63, 3.8) is 0 Å². The molecular formula is C18H21F3N6O3. The van der Waals surface area contributed by atoms with Crippen molar-refractivity contribution in [1.82, 2.24) is 24.4 Å². The predicted molar refractivity (Wildman–Crippen MR) is 98.6 cm³/mol. The van der Waals surface area contributed by atoms with Crippen molar-refractivity contribution in [2.75, 3.05) is 31.1 Å². The molecule has 1 amide bonds. The van der Waals surface area contributed by atoms with Crippen molar-refractivity contribution in [3.8, 4) is 0 Å². The van der Waals surface area contributed by atoms with Crippen molar-refractivity contribution in [3.05, 3.63) is 36.7 Å². The molecule has 0 radical (unpaired) electrons. The Morgan fingerprint density at radius 3 is 2.27 bits per heavy atom. The molecular weight excluding hydrogens is 405 g/mol. The number of nitrogens with zero attached hydrogens (tertiary/aromatic N) is 6. The molecule has 2 aromatic heterocycles. The fourth-order valence-electron chi connectivity index (χ4n) is 3.68. The SMILES string of the molecule is Cn1ccnc1C(=O)N1C[C@@H]2CCN(c3ncccn3)C[C@@H]2C1.O=C(O)C(F)(F)F. The minimum absolute atomic E-state index is 0.0365. The number of alkyl halides is 3. The highest BCUT2D eigenvalue weighted by atomic mass is 19.4. The number of imidazole rings is 1.